The highest BCUT2D eigenvalue weighted by atomic mass is 35.5. The highest BCUT2D eigenvalue weighted by Crippen LogP contribution is 2.36. The van der Waals surface area contributed by atoms with Crippen LogP contribution in [0.5, 0.6) is 5.75 Å². The molecule has 3 nitrogen and oxygen atoms in total. The zero-order valence-corrected chi connectivity index (χ0v) is 13.2. The van der Waals surface area contributed by atoms with Crippen molar-refractivity contribution in [1.82, 2.24) is 9.78 Å². The number of thiophene rings is 1. The summed E-state index contributed by atoms with van der Waals surface area (Å²) in [6, 6.07) is 3.86. The van der Waals surface area contributed by atoms with Gasteiger partial charge in [0.15, 0.2) is 17.3 Å². The van der Waals surface area contributed by atoms with Gasteiger partial charge in [-0.3, -0.25) is 4.68 Å². The van der Waals surface area contributed by atoms with E-state index in [0.29, 0.717) is 15.1 Å². The van der Waals surface area contributed by atoms with E-state index in [1.807, 2.05) is 0 Å². The van der Waals surface area contributed by atoms with E-state index >= 15 is 0 Å². The third-order valence-electron chi connectivity index (χ3n) is 3.24. The van der Waals surface area contributed by atoms with Gasteiger partial charge in [0.2, 0.25) is 0 Å². The van der Waals surface area contributed by atoms with Crippen LogP contribution in [0.3, 0.4) is 0 Å². The number of rotatable bonds is 3. The fourth-order valence-corrected chi connectivity index (χ4v) is 3.23. The molecule has 0 amide bonds. The normalized spacial score (nSPS) is 12.1. The van der Waals surface area contributed by atoms with Gasteiger partial charge in [0.1, 0.15) is 6.61 Å². The van der Waals surface area contributed by atoms with E-state index in [9.17, 15) is 17.6 Å². The number of aryl methyl sites for hydroxylation is 1. The summed E-state index contributed by atoms with van der Waals surface area (Å²) in [4.78, 5) is 0. The number of nitrogens with zero attached hydrogens (tertiary/aromatic N) is 2. The van der Waals surface area contributed by atoms with Crippen LogP contribution in [0.2, 0.25) is 5.02 Å². The molecule has 0 fully saturated rings. The monoisotopic (exact) mass is 364 g/mol. The van der Waals surface area contributed by atoms with Crippen molar-refractivity contribution < 1.29 is 22.3 Å². The molecule has 0 unspecified atom stereocenters. The molecule has 122 valence electrons. The van der Waals surface area contributed by atoms with Crippen LogP contribution in [0, 0.1) is 5.82 Å². The summed E-state index contributed by atoms with van der Waals surface area (Å²) in [7, 11) is 1.36. The molecule has 0 saturated heterocycles. The van der Waals surface area contributed by atoms with Crippen LogP contribution < -0.4 is 4.74 Å². The Bertz CT molecular complexity index is 872. The molecule has 0 spiro atoms. The summed E-state index contributed by atoms with van der Waals surface area (Å²) in [5, 5.41) is 5.95. The highest BCUT2D eigenvalue weighted by molar-refractivity contribution is 7.17. The van der Waals surface area contributed by atoms with Crippen LogP contribution in [-0.2, 0) is 19.8 Å². The van der Waals surface area contributed by atoms with Gasteiger partial charge in [-0.05, 0) is 17.5 Å². The molecule has 0 atom stereocenters. The van der Waals surface area contributed by atoms with E-state index in [4.69, 9.17) is 16.3 Å². The van der Waals surface area contributed by atoms with Gasteiger partial charge in [-0.2, -0.15) is 18.3 Å². The number of fused-ring (bicyclic) bond motifs is 1. The molecule has 0 aliphatic heterocycles. The Hall–Kier alpha value is -1.80. The zero-order valence-electron chi connectivity index (χ0n) is 11.6. The second-order valence-electron chi connectivity index (χ2n) is 4.76. The van der Waals surface area contributed by atoms with Gasteiger partial charge in [-0.1, -0.05) is 11.6 Å². The lowest BCUT2D eigenvalue weighted by Crippen LogP contribution is -2.06. The fourth-order valence-electron chi connectivity index (χ4n) is 2.07. The Kier molecular flexibility index (Phi) is 3.97. The van der Waals surface area contributed by atoms with Crippen LogP contribution in [0.4, 0.5) is 17.6 Å². The van der Waals surface area contributed by atoms with Gasteiger partial charge in [-0.15, -0.1) is 11.3 Å². The van der Waals surface area contributed by atoms with Crippen molar-refractivity contribution >= 4 is 33.0 Å². The predicted molar refractivity (Wildman–Crippen MR) is 79.3 cm³/mol. The van der Waals surface area contributed by atoms with Crippen LogP contribution in [0.15, 0.2) is 23.6 Å². The van der Waals surface area contributed by atoms with Crippen LogP contribution >= 0.6 is 22.9 Å². The summed E-state index contributed by atoms with van der Waals surface area (Å²) < 4.78 is 58.8. The van der Waals surface area contributed by atoms with Gasteiger partial charge in [-0.25, -0.2) is 4.39 Å². The molecule has 1 aromatic carbocycles. The maximum absolute atomic E-state index is 14.3. The van der Waals surface area contributed by atoms with Gasteiger partial charge in [0, 0.05) is 18.5 Å². The van der Waals surface area contributed by atoms with Crippen molar-refractivity contribution in [1.29, 1.82) is 0 Å². The number of aromatic nitrogens is 2. The Morgan fingerprint density at radius 2 is 2.09 bits per heavy atom. The molecule has 2 aromatic heterocycles. The Labute approximate surface area is 137 Å². The smallest absolute Gasteiger partial charge is 0.435 e. The summed E-state index contributed by atoms with van der Waals surface area (Å²) >= 11 is 7.22. The highest BCUT2D eigenvalue weighted by Gasteiger charge is 2.34. The van der Waals surface area contributed by atoms with Gasteiger partial charge in [0.05, 0.1) is 15.4 Å². The number of benzene rings is 1. The lowest BCUT2D eigenvalue weighted by molar-refractivity contribution is -0.141. The van der Waals surface area contributed by atoms with Crippen LogP contribution in [0.25, 0.3) is 10.1 Å². The molecule has 0 radical (unpaired) electrons. The molecular formula is C14H9ClF4N2OS. The second kappa shape index (κ2) is 5.68. The molecule has 0 aliphatic carbocycles. The summed E-state index contributed by atoms with van der Waals surface area (Å²) in [5.74, 6) is -0.697. The number of hydrogen-bond donors (Lipinski definition) is 0. The zero-order chi connectivity index (χ0) is 16.8. The first kappa shape index (κ1) is 16.1. The minimum atomic E-state index is -4.54. The third kappa shape index (κ3) is 3.00. The quantitative estimate of drug-likeness (QED) is 0.610. The van der Waals surface area contributed by atoms with Crippen molar-refractivity contribution in [2.24, 2.45) is 7.05 Å². The number of hydrogen-bond acceptors (Lipinski definition) is 3. The average Bonchev–Trinajstić information content (AvgIpc) is 3.08. The first-order valence-corrected chi connectivity index (χ1v) is 7.61. The van der Waals surface area contributed by atoms with E-state index < -0.39 is 17.7 Å². The van der Waals surface area contributed by atoms with Crippen molar-refractivity contribution in [2.75, 3.05) is 0 Å². The van der Waals surface area contributed by atoms with Crippen LogP contribution in [-0.4, -0.2) is 9.78 Å². The molecule has 3 rings (SSSR count). The molecule has 0 bridgehead atoms. The lowest BCUT2D eigenvalue weighted by atomic mass is 10.2. The van der Waals surface area contributed by atoms with Crippen molar-refractivity contribution in [3.8, 4) is 5.75 Å². The predicted octanol–water partition coefficient (Wildman–Crippen LogP) is 5.03. The molecule has 2 heterocycles. The molecule has 0 aliphatic rings. The average molecular weight is 365 g/mol. The first-order valence-electron chi connectivity index (χ1n) is 6.35. The second-order valence-corrected chi connectivity index (χ2v) is 6.09. The number of alkyl halides is 3. The van der Waals surface area contributed by atoms with E-state index in [-0.39, 0.29) is 18.1 Å². The summed E-state index contributed by atoms with van der Waals surface area (Å²) in [6.07, 6.45) is -4.54. The molecular weight excluding hydrogens is 356 g/mol. The van der Waals surface area contributed by atoms with Crippen LogP contribution in [0.1, 0.15) is 11.4 Å². The van der Waals surface area contributed by atoms with Gasteiger partial charge < -0.3 is 4.74 Å². The summed E-state index contributed by atoms with van der Waals surface area (Å²) in [5.41, 5.74) is -0.857. The van der Waals surface area contributed by atoms with E-state index in [0.717, 1.165) is 10.7 Å². The van der Waals surface area contributed by atoms with E-state index in [2.05, 4.69) is 5.10 Å². The first-order chi connectivity index (χ1) is 10.8. The maximum Gasteiger partial charge on any atom is 0.435 e. The Morgan fingerprint density at radius 3 is 2.74 bits per heavy atom. The van der Waals surface area contributed by atoms with Gasteiger partial charge >= 0.3 is 6.18 Å². The lowest BCUT2D eigenvalue weighted by Gasteiger charge is -2.09. The third-order valence-corrected chi connectivity index (χ3v) is 4.46. The molecule has 23 heavy (non-hydrogen) atoms. The molecule has 0 saturated carbocycles. The topological polar surface area (TPSA) is 27.1 Å². The summed E-state index contributed by atoms with van der Waals surface area (Å²) in [6.45, 7) is -0.260. The van der Waals surface area contributed by atoms with Crippen molar-refractivity contribution in [3.63, 3.8) is 0 Å². The molecule has 3 aromatic rings. The van der Waals surface area contributed by atoms with Crippen molar-refractivity contribution in [2.45, 2.75) is 12.8 Å². The Morgan fingerprint density at radius 1 is 1.35 bits per heavy atom. The maximum atomic E-state index is 14.3. The standard InChI is InChI=1S/C14H9ClF4N2OS/c1-21-7(4-11(20-21)14(17,18)19)6-22-10-5-9(15)8-2-3-23-13(8)12(10)16/h2-5H,6H2,1H3. The molecule has 0 N–H and O–H groups in total. The SMILES string of the molecule is Cn1nc(C(F)(F)F)cc1COc1cc(Cl)c2ccsc2c1F. The minimum absolute atomic E-state index is 0.111. The largest absolute Gasteiger partial charge is 0.484 e. The Balaban J connectivity index is 1.87. The van der Waals surface area contributed by atoms with E-state index in [1.165, 1.54) is 24.5 Å². The molecule has 9 heteroatoms. The van der Waals surface area contributed by atoms with Gasteiger partial charge in [0.25, 0.3) is 0 Å². The number of ether oxygens (including phenoxy) is 1. The van der Waals surface area contributed by atoms with E-state index in [1.54, 1.807) is 11.4 Å². The fraction of sp³-hybridized carbons (Fsp3) is 0.214. The van der Waals surface area contributed by atoms with Crippen molar-refractivity contribution in [3.05, 3.63) is 45.8 Å². The number of halogens is 5. The minimum Gasteiger partial charge on any atom is -0.484 e.